The highest BCUT2D eigenvalue weighted by molar-refractivity contribution is 7.85. The Morgan fingerprint density at radius 2 is 1.52 bits per heavy atom. The first-order valence-electron chi connectivity index (χ1n) is 7.44. The third kappa shape index (κ3) is 5.11. The lowest BCUT2D eigenvalue weighted by Gasteiger charge is -2.37. The molecule has 4 heteroatoms. The average molecular weight is 312 g/mol. The molecule has 0 heterocycles. The van der Waals surface area contributed by atoms with Gasteiger partial charge in [-0.2, -0.15) is 8.42 Å². The van der Waals surface area contributed by atoms with E-state index in [-0.39, 0.29) is 15.7 Å². The van der Waals surface area contributed by atoms with Gasteiger partial charge in [0.05, 0.1) is 4.90 Å². The van der Waals surface area contributed by atoms with Gasteiger partial charge in [0, 0.05) is 0 Å². The van der Waals surface area contributed by atoms with Crippen LogP contribution in [0.3, 0.4) is 0 Å². The first kappa shape index (κ1) is 18.2. The first-order valence-corrected chi connectivity index (χ1v) is 8.88. The summed E-state index contributed by atoms with van der Waals surface area (Å²) in [6.45, 7) is 13.3. The number of hydrogen-bond donors (Lipinski definition) is 1. The molecule has 0 amide bonds. The van der Waals surface area contributed by atoms with E-state index in [4.69, 9.17) is 4.55 Å². The molecule has 0 bridgehead atoms. The van der Waals surface area contributed by atoms with E-state index in [0.717, 1.165) is 18.4 Å². The van der Waals surface area contributed by atoms with Crippen molar-refractivity contribution in [3.8, 4) is 0 Å². The van der Waals surface area contributed by atoms with Gasteiger partial charge in [0.2, 0.25) is 0 Å². The average Bonchev–Trinajstić information content (AvgIpc) is 2.34. The van der Waals surface area contributed by atoms with Gasteiger partial charge < -0.3 is 0 Å². The maximum atomic E-state index is 11.1. The molecule has 0 radical (unpaired) electrons. The fourth-order valence-corrected chi connectivity index (χ4v) is 2.97. The SMILES string of the molecule is CCC(C)(C)CC(c1ccc(S(=O)(=O)O)cc1)C(C)(C)C. The zero-order valence-electron chi connectivity index (χ0n) is 14.0. The van der Waals surface area contributed by atoms with Gasteiger partial charge in [0.15, 0.2) is 0 Å². The van der Waals surface area contributed by atoms with Crippen LogP contribution in [0.1, 0.15) is 65.9 Å². The molecule has 1 atom stereocenters. The molecular formula is C17H28O3S. The minimum atomic E-state index is -4.12. The molecule has 1 unspecified atom stereocenters. The molecule has 1 N–H and O–H groups in total. The van der Waals surface area contributed by atoms with E-state index in [1.807, 2.05) is 12.1 Å². The highest BCUT2D eigenvalue weighted by Gasteiger charge is 2.31. The van der Waals surface area contributed by atoms with Crippen LogP contribution >= 0.6 is 0 Å². The van der Waals surface area contributed by atoms with Crippen molar-refractivity contribution in [2.75, 3.05) is 0 Å². The molecule has 0 saturated heterocycles. The largest absolute Gasteiger partial charge is 0.294 e. The molecule has 0 aromatic heterocycles. The normalized spacial score (nSPS) is 15.0. The zero-order chi connectivity index (χ0) is 16.5. The van der Waals surface area contributed by atoms with Crippen LogP contribution in [0, 0.1) is 10.8 Å². The number of rotatable bonds is 5. The second-order valence-electron chi connectivity index (χ2n) is 7.68. The third-order valence-corrected chi connectivity index (χ3v) is 5.21. The fourth-order valence-electron chi connectivity index (χ4n) is 2.49. The second-order valence-corrected chi connectivity index (χ2v) is 9.11. The molecule has 120 valence electrons. The summed E-state index contributed by atoms with van der Waals surface area (Å²) in [6.07, 6.45) is 2.14. The van der Waals surface area contributed by atoms with Gasteiger partial charge in [-0.3, -0.25) is 4.55 Å². The van der Waals surface area contributed by atoms with Crippen molar-refractivity contribution in [2.24, 2.45) is 10.8 Å². The predicted molar refractivity (Wildman–Crippen MR) is 87.1 cm³/mol. The lowest BCUT2D eigenvalue weighted by Crippen LogP contribution is -2.25. The fraction of sp³-hybridized carbons (Fsp3) is 0.647. The van der Waals surface area contributed by atoms with Crippen LogP contribution < -0.4 is 0 Å². The van der Waals surface area contributed by atoms with Crippen molar-refractivity contribution in [1.82, 2.24) is 0 Å². The van der Waals surface area contributed by atoms with Crippen LogP contribution in [0.25, 0.3) is 0 Å². The molecule has 0 fully saturated rings. The van der Waals surface area contributed by atoms with Gasteiger partial charge in [-0.25, -0.2) is 0 Å². The molecule has 0 aliphatic rings. The van der Waals surface area contributed by atoms with Crippen LogP contribution in [-0.2, 0) is 10.1 Å². The maximum Gasteiger partial charge on any atom is 0.294 e. The quantitative estimate of drug-likeness (QED) is 0.788. The molecule has 0 aliphatic heterocycles. The maximum absolute atomic E-state index is 11.1. The molecule has 1 aromatic rings. The van der Waals surface area contributed by atoms with E-state index < -0.39 is 10.1 Å². The second kappa shape index (κ2) is 6.09. The minimum Gasteiger partial charge on any atom is -0.282 e. The third-order valence-electron chi connectivity index (χ3n) is 4.34. The van der Waals surface area contributed by atoms with Crippen LogP contribution in [0.5, 0.6) is 0 Å². The molecule has 0 spiro atoms. The van der Waals surface area contributed by atoms with Gasteiger partial charge in [-0.15, -0.1) is 0 Å². The Morgan fingerprint density at radius 1 is 1.05 bits per heavy atom. The van der Waals surface area contributed by atoms with Gasteiger partial charge in [-0.1, -0.05) is 60.1 Å². The minimum absolute atomic E-state index is 0.0475. The highest BCUT2D eigenvalue weighted by atomic mass is 32.2. The van der Waals surface area contributed by atoms with Crippen molar-refractivity contribution < 1.29 is 13.0 Å². The Labute approximate surface area is 129 Å². The standard InChI is InChI=1S/C17H28O3S/c1-7-17(5,6)12-15(16(2,3)4)13-8-10-14(11-9-13)21(18,19)20/h8-11,15H,7,12H2,1-6H3,(H,18,19,20). The van der Waals surface area contributed by atoms with Gasteiger partial charge in [0.25, 0.3) is 10.1 Å². The Balaban J connectivity index is 3.17. The van der Waals surface area contributed by atoms with Crippen molar-refractivity contribution in [2.45, 2.75) is 65.2 Å². The number of benzene rings is 1. The van der Waals surface area contributed by atoms with Crippen LogP contribution in [0.4, 0.5) is 0 Å². The summed E-state index contributed by atoms with van der Waals surface area (Å²) < 4.78 is 31.4. The van der Waals surface area contributed by atoms with Gasteiger partial charge in [-0.05, 0) is 40.9 Å². The summed E-state index contributed by atoms with van der Waals surface area (Å²) in [5.74, 6) is 0.336. The topological polar surface area (TPSA) is 54.4 Å². The first-order chi connectivity index (χ1) is 9.37. The van der Waals surface area contributed by atoms with Gasteiger partial charge in [0.1, 0.15) is 0 Å². The molecule has 0 aliphatic carbocycles. The van der Waals surface area contributed by atoms with E-state index in [9.17, 15) is 8.42 Å². The Hall–Kier alpha value is -0.870. The molecular weight excluding hydrogens is 284 g/mol. The van der Waals surface area contributed by atoms with Crippen LogP contribution in [0.2, 0.25) is 0 Å². The van der Waals surface area contributed by atoms with E-state index in [2.05, 4.69) is 41.5 Å². The van der Waals surface area contributed by atoms with E-state index in [1.165, 1.54) is 12.1 Å². The van der Waals surface area contributed by atoms with E-state index in [1.54, 1.807) is 0 Å². The van der Waals surface area contributed by atoms with Crippen LogP contribution in [-0.4, -0.2) is 13.0 Å². The van der Waals surface area contributed by atoms with Crippen molar-refractivity contribution in [3.05, 3.63) is 29.8 Å². The number of hydrogen-bond acceptors (Lipinski definition) is 2. The summed E-state index contributed by atoms with van der Waals surface area (Å²) in [5.41, 5.74) is 1.45. The lowest BCUT2D eigenvalue weighted by molar-refractivity contribution is 0.209. The van der Waals surface area contributed by atoms with Crippen molar-refractivity contribution in [3.63, 3.8) is 0 Å². The monoisotopic (exact) mass is 312 g/mol. The smallest absolute Gasteiger partial charge is 0.282 e. The van der Waals surface area contributed by atoms with Gasteiger partial charge >= 0.3 is 0 Å². The Kier molecular flexibility index (Phi) is 5.27. The molecule has 1 aromatic carbocycles. The van der Waals surface area contributed by atoms with E-state index in [0.29, 0.717) is 5.92 Å². The van der Waals surface area contributed by atoms with Crippen molar-refractivity contribution in [1.29, 1.82) is 0 Å². The van der Waals surface area contributed by atoms with Crippen LogP contribution in [0.15, 0.2) is 29.2 Å². The molecule has 0 saturated carbocycles. The summed E-state index contributed by atoms with van der Waals surface area (Å²) in [4.78, 5) is -0.0475. The zero-order valence-corrected chi connectivity index (χ0v) is 14.8. The predicted octanol–water partition coefficient (Wildman–Crippen LogP) is 4.89. The Bertz CT molecular complexity index is 563. The molecule has 21 heavy (non-hydrogen) atoms. The molecule has 1 rings (SSSR count). The highest BCUT2D eigenvalue weighted by Crippen LogP contribution is 2.44. The lowest BCUT2D eigenvalue weighted by atomic mass is 9.68. The van der Waals surface area contributed by atoms with E-state index >= 15 is 0 Å². The summed E-state index contributed by atoms with van der Waals surface area (Å²) in [6, 6.07) is 6.63. The summed E-state index contributed by atoms with van der Waals surface area (Å²) >= 11 is 0. The van der Waals surface area contributed by atoms with Crippen molar-refractivity contribution >= 4 is 10.1 Å². The summed E-state index contributed by atoms with van der Waals surface area (Å²) in [7, 11) is -4.12. The molecule has 3 nitrogen and oxygen atoms in total. The Morgan fingerprint density at radius 3 is 1.86 bits per heavy atom. The summed E-state index contributed by atoms with van der Waals surface area (Å²) in [5, 5.41) is 0.